The van der Waals surface area contributed by atoms with Crippen LogP contribution in [0.3, 0.4) is 0 Å². The van der Waals surface area contributed by atoms with E-state index in [1.807, 2.05) is 30.3 Å². The first kappa shape index (κ1) is 31.0. The summed E-state index contributed by atoms with van der Waals surface area (Å²) in [5.41, 5.74) is 9.65. The first-order valence-electron chi connectivity index (χ1n) is 16.1. The Hall–Kier alpha value is -4.39. The molecule has 1 aliphatic carbocycles. The number of pyridine rings is 1. The number of anilines is 3. The van der Waals surface area contributed by atoms with Crippen LogP contribution in [0.1, 0.15) is 77.7 Å². The number of amides is 2. The largest absolute Gasteiger partial charge is 0.384 e. The van der Waals surface area contributed by atoms with Crippen LogP contribution in [-0.4, -0.2) is 36.4 Å². The van der Waals surface area contributed by atoms with Crippen LogP contribution >= 0.6 is 0 Å². The Labute approximate surface area is 261 Å². The van der Waals surface area contributed by atoms with E-state index >= 15 is 0 Å². The van der Waals surface area contributed by atoms with Crippen LogP contribution in [0.2, 0.25) is 0 Å². The number of carbonyl (C=O) groups excluding carboxylic acids is 2. The number of rotatable bonds is 14. The molecule has 1 aliphatic rings. The van der Waals surface area contributed by atoms with Crippen molar-refractivity contribution in [2.45, 2.75) is 71.6 Å². The van der Waals surface area contributed by atoms with Gasteiger partial charge in [0, 0.05) is 48.5 Å². The molecule has 0 spiro atoms. The first-order valence-corrected chi connectivity index (χ1v) is 16.1. The van der Waals surface area contributed by atoms with Gasteiger partial charge < -0.3 is 21.3 Å². The molecule has 0 radical (unpaired) electrons. The van der Waals surface area contributed by atoms with Crippen LogP contribution < -0.4 is 21.3 Å². The standard InChI is InChI=1S/C37H45N5O2/c1-26-14-13-21-31(27(26)2)41-34-20-10-7-17-30(34)37(44)40-25-22-35(43)38-23-11-3-4-12-24-39-36-28-15-5-8-18-32(28)42-33-19-9-6-16-29(33)36/h5,7-8,10,13-15,17-18,20-21,41H,3-4,6,9,11-12,16,19,22-25H2,1-2H3,(H,38,43)(H,39,42)(H,40,44). The fraction of sp³-hybridized carbons (Fsp3) is 0.378. The summed E-state index contributed by atoms with van der Waals surface area (Å²) < 4.78 is 0. The molecule has 1 aromatic heterocycles. The number of aromatic nitrogens is 1. The Morgan fingerprint density at radius 1 is 0.750 bits per heavy atom. The van der Waals surface area contributed by atoms with Crippen molar-refractivity contribution < 1.29 is 9.59 Å². The van der Waals surface area contributed by atoms with E-state index < -0.39 is 0 Å². The van der Waals surface area contributed by atoms with Crippen LogP contribution in [0.15, 0.2) is 66.7 Å². The number of unbranched alkanes of at least 4 members (excludes halogenated alkanes) is 3. The zero-order valence-electron chi connectivity index (χ0n) is 26.1. The minimum Gasteiger partial charge on any atom is -0.384 e. The highest BCUT2D eigenvalue weighted by Crippen LogP contribution is 2.33. The lowest BCUT2D eigenvalue weighted by molar-refractivity contribution is -0.120. The van der Waals surface area contributed by atoms with E-state index in [0.29, 0.717) is 18.7 Å². The van der Waals surface area contributed by atoms with Gasteiger partial charge in [-0.1, -0.05) is 55.3 Å². The molecule has 0 fully saturated rings. The van der Waals surface area contributed by atoms with Crippen molar-refractivity contribution in [3.8, 4) is 0 Å². The second-order valence-electron chi connectivity index (χ2n) is 11.8. The molecule has 0 bridgehead atoms. The second-order valence-corrected chi connectivity index (χ2v) is 11.8. The number of hydrogen-bond donors (Lipinski definition) is 4. The topological polar surface area (TPSA) is 95.2 Å². The van der Waals surface area contributed by atoms with Gasteiger partial charge in [0.1, 0.15) is 0 Å². The molecule has 5 rings (SSSR count). The molecule has 3 aromatic carbocycles. The summed E-state index contributed by atoms with van der Waals surface area (Å²) in [6, 6.07) is 22.0. The van der Waals surface area contributed by atoms with Gasteiger partial charge in [-0.25, -0.2) is 0 Å². The summed E-state index contributed by atoms with van der Waals surface area (Å²) in [6.07, 6.45) is 9.12. The predicted molar refractivity (Wildman–Crippen MR) is 181 cm³/mol. The normalized spacial score (nSPS) is 12.4. The molecule has 0 aliphatic heterocycles. The summed E-state index contributed by atoms with van der Waals surface area (Å²) in [5.74, 6) is -0.233. The van der Waals surface area contributed by atoms with E-state index in [1.54, 1.807) is 6.07 Å². The van der Waals surface area contributed by atoms with Gasteiger partial charge in [-0.05, 0) is 93.3 Å². The average molecular weight is 592 g/mol. The number of benzene rings is 3. The van der Waals surface area contributed by atoms with Gasteiger partial charge in [-0.3, -0.25) is 14.6 Å². The third kappa shape index (κ3) is 7.95. The van der Waals surface area contributed by atoms with E-state index in [2.05, 4.69) is 65.4 Å². The van der Waals surface area contributed by atoms with E-state index in [0.717, 1.165) is 67.5 Å². The molecule has 1 heterocycles. The third-order valence-corrected chi connectivity index (χ3v) is 8.58. The molecule has 0 saturated carbocycles. The zero-order chi connectivity index (χ0) is 30.7. The highest BCUT2D eigenvalue weighted by Gasteiger charge is 2.18. The Kier molecular flexibility index (Phi) is 10.8. The van der Waals surface area contributed by atoms with Crippen LogP contribution in [0, 0.1) is 13.8 Å². The molecule has 7 nitrogen and oxygen atoms in total. The SMILES string of the molecule is Cc1cccc(Nc2ccccc2C(=O)NCCC(=O)NCCCCCCNc2c3c(nc4ccccc24)CCCC3)c1C. The molecule has 7 heteroatoms. The number of para-hydroxylation sites is 2. The van der Waals surface area contributed by atoms with Crippen molar-refractivity contribution in [2.75, 3.05) is 30.3 Å². The molecule has 0 saturated heterocycles. The van der Waals surface area contributed by atoms with Crippen LogP contribution in [-0.2, 0) is 17.6 Å². The Bertz CT molecular complexity index is 1600. The summed E-state index contributed by atoms with van der Waals surface area (Å²) in [5, 5.41) is 14.3. The third-order valence-electron chi connectivity index (χ3n) is 8.58. The maximum atomic E-state index is 12.9. The van der Waals surface area contributed by atoms with Gasteiger partial charge in [0.2, 0.25) is 5.91 Å². The number of nitrogens with zero attached hydrogens (tertiary/aromatic N) is 1. The Morgan fingerprint density at radius 2 is 1.50 bits per heavy atom. The van der Waals surface area contributed by atoms with E-state index in [9.17, 15) is 9.59 Å². The summed E-state index contributed by atoms with van der Waals surface area (Å²) >= 11 is 0. The van der Waals surface area contributed by atoms with E-state index in [-0.39, 0.29) is 18.2 Å². The fourth-order valence-electron chi connectivity index (χ4n) is 5.91. The lowest BCUT2D eigenvalue weighted by Crippen LogP contribution is -2.31. The maximum absolute atomic E-state index is 12.9. The highest BCUT2D eigenvalue weighted by atomic mass is 16.2. The molecule has 230 valence electrons. The van der Waals surface area contributed by atoms with E-state index in [4.69, 9.17) is 4.98 Å². The number of hydrogen-bond acceptors (Lipinski definition) is 5. The smallest absolute Gasteiger partial charge is 0.253 e. The molecule has 44 heavy (non-hydrogen) atoms. The van der Waals surface area contributed by atoms with Crippen molar-refractivity contribution in [3.05, 3.63) is 94.7 Å². The minimum absolute atomic E-state index is 0.0388. The molecule has 4 aromatic rings. The molecule has 0 atom stereocenters. The maximum Gasteiger partial charge on any atom is 0.253 e. The van der Waals surface area contributed by atoms with Crippen LogP contribution in [0.5, 0.6) is 0 Å². The number of carbonyl (C=O) groups is 2. The molecular weight excluding hydrogens is 546 g/mol. The van der Waals surface area contributed by atoms with Crippen molar-refractivity contribution in [1.29, 1.82) is 0 Å². The van der Waals surface area contributed by atoms with Crippen molar-refractivity contribution in [3.63, 3.8) is 0 Å². The monoisotopic (exact) mass is 591 g/mol. The van der Waals surface area contributed by atoms with Gasteiger partial charge in [0.05, 0.1) is 16.8 Å². The van der Waals surface area contributed by atoms with Gasteiger partial charge in [0.25, 0.3) is 5.91 Å². The lowest BCUT2D eigenvalue weighted by atomic mass is 9.92. The second kappa shape index (κ2) is 15.4. The number of fused-ring (bicyclic) bond motifs is 2. The van der Waals surface area contributed by atoms with Gasteiger partial charge in [-0.2, -0.15) is 0 Å². The van der Waals surface area contributed by atoms with Crippen LogP contribution in [0.25, 0.3) is 10.9 Å². The highest BCUT2D eigenvalue weighted by molar-refractivity contribution is 6.00. The van der Waals surface area contributed by atoms with Crippen molar-refractivity contribution >= 4 is 39.8 Å². The van der Waals surface area contributed by atoms with E-state index in [1.165, 1.54) is 40.7 Å². The minimum atomic E-state index is -0.194. The van der Waals surface area contributed by atoms with Crippen LogP contribution in [0.4, 0.5) is 17.1 Å². The summed E-state index contributed by atoms with van der Waals surface area (Å²) in [4.78, 5) is 30.2. The van der Waals surface area contributed by atoms with Gasteiger partial charge in [-0.15, -0.1) is 0 Å². The summed E-state index contributed by atoms with van der Waals surface area (Å²) in [6.45, 7) is 6.02. The first-order chi connectivity index (χ1) is 21.5. The molecule has 0 unspecified atom stereocenters. The predicted octanol–water partition coefficient (Wildman–Crippen LogP) is 7.38. The fourth-order valence-corrected chi connectivity index (χ4v) is 5.91. The number of nitrogens with one attached hydrogen (secondary N) is 4. The van der Waals surface area contributed by atoms with Gasteiger partial charge in [0.15, 0.2) is 0 Å². The van der Waals surface area contributed by atoms with Crippen molar-refractivity contribution in [1.82, 2.24) is 15.6 Å². The van der Waals surface area contributed by atoms with Gasteiger partial charge >= 0.3 is 0 Å². The van der Waals surface area contributed by atoms with Crippen molar-refractivity contribution in [2.24, 2.45) is 0 Å². The quantitative estimate of drug-likeness (QED) is 0.115. The Balaban J connectivity index is 0.976. The molecular formula is C37H45N5O2. The molecule has 4 N–H and O–H groups in total. The average Bonchev–Trinajstić information content (AvgIpc) is 3.04. The lowest BCUT2D eigenvalue weighted by Gasteiger charge is -2.21. The number of aryl methyl sites for hydroxylation is 2. The summed E-state index contributed by atoms with van der Waals surface area (Å²) in [7, 11) is 0. The Morgan fingerprint density at radius 3 is 2.39 bits per heavy atom. The zero-order valence-corrected chi connectivity index (χ0v) is 26.1. The molecule has 2 amide bonds.